The molecule has 1 saturated carbocycles. The summed E-state index contributed by atoms with van der Waals surface area (Å²) in [6, 6.07) is 7.37. The third kappa shape index (κ3) is 2.37. The van der Waals surface area contributed by atoms with Crippen molar-refractivity contribution < 1.29 is 5.11 Å². The summed E-state index contributed by atoms with van der Waals surface area (Å²) in [5.41, 5.74) is 0. The number of aromatic hydroxyl groups is 1. The first-order valence-corrected chi connectivity index (χ1v) is 7.82. The normalized spacial score (nSPS) is 17.1. The van der Waals surface area contributed by atoms with E-state index in [0.29, 0.717) is 4.75 Å². The van der Waals surface area contributed by atoms with Crippen molar-refractivity contribution in [2.24, 2.45) is 0 Å². The molecule has 0 spiro atoms. The van der Waals surface area contributed by atoms with E-state index in [0.717, 1.165) is 23.1 Å². The number of nitrogens with one attached hydrogen (secondary N) is 1. The van der Waals surface area contributed by atoms with Crippen molar-refractivity contribution >= 4 is 28.4 Å². The standard InChI is InChI=1S/C15H18N2OS/c1-19-15(6-2-7-15)10-17-14-13-9-12(18)4-3-11(13)5-8-16-14/h3-5,8-9,18H,2,6-7,10H2,1H3,(H,16,17). The van der Waals surface area contributed by atoms with E-state index < -0.39 is 0 Å². The van der Waals surface area contributed by atoms with Gasteiger partial charge in [0.25, 0.3) is 0 Å². The highest BCUT2D eigenvalue weighted by molar-refractivity contribution is 8.00. The molecule has 0 saturated heterocycles. The number of rotatable bonds is 4. The molecular formula is C15H18N2OS. The molecule has 1 aliphatic rings. The second kappa shape index (κ2) is 4.93. The van der Waals surface area contributed by atoms with Crippen LogP contribution in [-0.4, -0.2) is 27.6 Å². The van der Waals surface area contributed by atoms with Gasteiger partial charge in [-0.05, 0) is 42.7 Å². The van der Waals surface area contributed by atoms with Crippen molar-refractivity contribution in [1.29, 1.82) is 0 Å². The number of phenols is 1. The number of hydrogen-bond donors (Lipinski definition) is 2. The molecule has 0 unspecified atom stereocenters. The Balaban J connectivity index is 1.86. The van der Waals surface area contributed by atoms with Crippen LogP contribution in [0.2, 0.25) is 0 Å². The molecule has 0 bridgehead atoms. The lowest BCUT2D eigenvalue weighted by molar-refractivity contribution is 0.379. The maximum atomic E-state index is 9.63. The fourth-order valence-corrected chi connectivity index (χ4v) is 3.48. The molecule has 2 aromatic rings. The Kier molecular flexibility index (Phi) is 3.27. The number of aromatic nitrogens is 1. The van der Waals surface area contributed by atoms with Crippen molar-refractivity contribution in [2.75, 3.05) is 18.1 Å². The Labute approximate surface area is 117 Å². The summed E-state index contributed by atoms with van der Waals surface area (Å²) in [7, 11) is 0. The number of pyridine rings is 1. The van der Waals surface area contributed by atoms with Gasteiger partial charge < -0.3 is 10.4 Å². The van der Waals surface area contributed by atoms with Gasteiger partial charge in [-0.15, -0.1) is 0 Å². The van der Waals surface area contributed by atoms with Gasteiger partial charge in [0.15, 0.2) is 0 Å². The average molecular weight is 274 g/mol. The van der Waals surface area contributed by atoms with Crippen LogP contribution in [0, 0.1) is 0 Å². The highest BCUT2D eigenvalue weighted by Gasteiger charge is 2.35. The first-order chi connectivity index (χ1) is 9.22. The Morgan fingerprint density at radius 1 is 1.37 bits per heavy atom. The fourth-order valence-electron chi connectivity index (χ4n) is 2.57. The molecular weight excluding hydrogens is 256 g/mol. The minimum Gasteiger partial charge on any atom is -0.508 e. The monoisotopic (exact) mass is 274 g/mol. The summed E-state index contributed by atoms with van der Waals surface area (Å²) in [4.78, 5) is 4.41. The van der Waals surface area contributed by atoms with E-state index in [1.807, 2.05) is 30.1 Å². The number of nitrogens with zero attached hydrogens (tertiary/aromatic N) is 1. The van der Waals surface area contributed by atoms with Gasteiger partial charge in [0.05, 0.1) is 0 Å². The second-order valence-electron chi connectivity index (χ2n) is 5.16. The van der Waals surface area contributed by atoms with Crippen molar-refractivity contribution in [3.8, 4) is 5.75 Å². The molecule has 0 atom stereocenters. The zero-order chi connectivity index (χ0) is 13.3. The lowest BCUT2D eigenvalue weighted by atomic mass is 9.84. The fraction of sp³-hybridized carbons (Fsp3) is 0.400. The zero-order valence-corrected chi connectivity index (χ0v) is 11.8. The average Bonchev–Trinajstić information content (AvgIpc) is 2.38. The Morgan fingerprint density at radius 2 is 2.21 bits per heavy atom. The molecule has 4 heteroatoms. The van der Waals surface area contributed by atoms with Gasteiger partial charge in [0.1, 0.15) is 11.6 Å². The zero-order valence-electron chi connectivity index (χ0n) is 11.0. The van der Waals surface area contributed by atoms with Gasteiger partial charge in [0.2, 0.25) is 0 Å². The molecule has 0 amide bonds. The van der Waals surface area contributed by atoms with E-state index in [2.05, 4.69) is 16.6 Å². The van der Waals surface area contributed by atoms with E-state index in [-0.39, 0.29) is 5.75 Å². The van der Waals surface area contributed by atoms with E-state index in [1.54, 1.807) is 12.1 Å². The third-order valence-electron chi connectivity index (χ3n) is 4.03. The molecule has 1 heterocycles. The molecule has 19 heavy (non-hydrogen) atoms. The molecule has 0 radical (unpaired) electrons. The van der Waals surface area contributed by atoms with E-state index in [9.17, 15) is 5.11 Å². The maximum Gasteiger partial charge on any atom is 0.133 e. The Hall–Kier alpha value is -1.42. The Morgan fingerprint density at radius 3 is 2.89 bits per heavy atom. The van der Waals surface area contributed by atoms with Crippen LogP contribution in [0.1, 0.15) is 19.3 Å². The molecule has 1 fully saturated rings. The maximum absolute atomic E-state index is 9.63. The van der Waals surface area contributed by atoms with Crippen molar-refractivity contribution in [2.45, 2.75) is 24.0 Å². The molecule has 1 aromatic carbocycles. The predicted molar refractivity (Wildman–Crippen MR) is 82.0 cm³/mol. The van der Waals surface area contributed by atoms with Gasteiger partial charge in [0, 0.05) is 22.9 Å². The van der Waals surface area contributed by atoms with Crippen LogP contribution in [0.5, 0.6) is 5.75 Å². The molecule has 3 nitrogen and oxygen atoms in total. The van der Waals surface area contributed by atoms with Crippen molar-refractivity contribution in [3.05, 3.63) is 30.5 Å². The van der Waals surface area contributed by atoms with Gasteiger partial charge in [-0.2, -0.15) is 11.8 Å². The van der Waals surface area contributed by atoms with Crippen molar-refractivity contribution in [1.82, 2.24) is 4.98 Å². The van der Waals surface area contributed by atoms with Gasteiger partial charge in [-0.25, -0.2) is 4.98 Å². The molecule has 1 aromatic heterocycles. The topological polar surface area (TPSA) is 45.2 Å². The van der Waals surface area contributed by atoms with Crippen LogP contribution in [0.3, 0.4) is 0 Å². The molecule has 2 N–H and O–H groups in total. The predicted octanol–water partition coefficient (Wildman–Crippen LogP) is 3.64. The first-order valence-electron chi connectivity index (χ1n) is 6.59. The summed E-state index contributed by atoms with van der Waals surface area (Å²) < 4.78 is 0.376. The molecule has 100 valence electrons. The van der Waals surface area contributed by atoms with Crippen molar-refractivity contribution in [3.63, 3.8) is 0 Å². The SMILES string of the molecule is CSC1(CNc2nccc3ccc(O)cc23)CCC1. The summed E-state index contributed by atoms with van der Waals surface area (Å²) in [6.45, 7) is 0.940. The lowest BCUT2D eigenvalue weighted by Gasteiger charge is -2.40. The molecule has 3 rings (SSSR count). The number of benzene rings is 1. The summed E-state index contributed by atoms with van der Waals surface area (Å²) in [6.07, 6.45) is 7.87. The number of thioether (sulfide) groups is 1. The summed E-state index contributed by atoms with van der Waals surface area (Å²) >= 11 is 1.95. The van der Waals surface area contributed by atoms with E-state index in [1.165, 1.54) is 19.3 Å². The highest BCUT2D eigenvalue weighted by Crippen LogP contribution is 2.42. The van der Waals surface area contributed by atoms with E-state index in [4.69, 9.17) is 0 Å². The highest BCUT2D eigenvalue weighted by atomic mass is 32.2. The number of hydrogen-bond acceptors (Lipinski definition) is 4. The van der Waals surface area contributed by atoms with Crippen LogP contribution >= 0.6 is 11.8 Å². The van der Waals surface area contributed by atoms with Crippen LogP contribution in [0.15, 0.2) is 30.5 Å². The number of phenolic OH excluding ortho intramolecular Hbond substituents is 1. The number of anilines is 1. The van der Waals surface area contributed by atoms with Crippen LogP contribution in [0.25, 0.3) is 10.8 Å². The first kappa shape index (κ1) is 12.6. The molecule has 1 aliphatic carbocycles. The van der Waals surface area contributed by atoms with Gasteiger partial charge in [-0.3, -0.25) is 0 Å². The van der Waals surface area contributed by atoms with Crippen LogP contribution in [0.4, 0.5) is 5.82 Å². The van der Waals surface area contributed by atoms with E-state index >= 15 is 0 Å². The minimum atomic E-state index is 0.284. The summed E-state index contributed by atoms with van der Waals surface area (Å²) in [5, 5.41) is 15.2. The quantitative estimate of drug-likeness (QED) is 0.893. The minimum absolute atomic E-state index is 0.284. The smallest absolute Gasteiger partial charge is 0.133 e. The largest absolute Gasteiger partial charge is 0.508 e. The van der Waals surface area contributed by atoms with Crippen LogP contribution in [-0.2, 0) is 0 Å². The summed E-state index contributed by atoms with van der Waals surface area (Å²) in [5.74, 6) is 1.15. The third-order valence-corrected chi connectivity index (χ3v) is 5.44. The van der Waals surface area contributed by atoms with Gasteiger partial charge in [-0.1, -0.05) is 12.5 Å². The van der Waals surface area contributed by atoms with Crippen LogP contribution < -0.4 is 5.32 Å². The number of fused-ring (bicyclic) bond motifs is 1. The molecule has 0 aliphatic heterocycles. The Bertz CT molecular complexity index is 590. The lowest BCUT2D eigenvalue weighted by Crippen LogP contribution is -2.40. The van der Waals surface area contributed by atoms with Gasteiger partial charge >= 0.3 is 0 Å². The second-order valence-corrected chi connectivity index (χ2v) is 6.43.